The summed E-state index contributed by atoms with van der Waals surface area (Å²) in [4.78, 5) is 34.3. The van der Waals surface area contributed by atoms with Crippen LogP contribution in [0.25, 0.3) is 27.6 Å². The van der Waals surface area contributed by atoms with Crippen molar-refractivity contribution in [2.45, 2.75) is 25.9 Å². The predicted molar refractivity (Wildman–Crippen MR) is 133 cm³/mol. The summed E-state index contributed by atoms with van der Waals surface area (Å²) in [7, 11) is 0. The molecule has 1 amide bonds. The van der Waals surface area contributed by atoms with Crippen molar-refractivity contribution < 1.29 is 4.79 Å². The number of aryl methyl sites for hydroxylation is 2. The standard InChI is InChI=1S/C23H20N6O2S2/c1-12-7-6-10-17(13(12)2)29-21(31)20-19(15-8-4-5-9-16(15)24-20)26-23(29)32-11-18(30)25-22-28-27-14(3)33-22/h4-10,24H,11H2,1-3H3,(H,25,28,30). The molecule has 0 spiro atoms. The number of carbonyl (C=O) groups is 1. The van der Waals surface area contributed by atoms with Gasteiger partial charge in [0, 0.05) is 10.9 Å². The lowest BCUT2D eigenvalue weighted by molar-refractivity contribution is -0.113. The van der Waals surface area contributed by atoms with Gasteiger partial charge in [-0.15, -0.1) is 10.2 Å². The lowest BCUT2D eigenvalue weighted by atomic mass is 10.1. The zero-order valence-corrected chi connectivity index (χ0v) is 19.8. The number of amides is 1. The van der Waals surface area contributed by atoms with Crippen molar-refractivity contribution in [1.82, 2.24) is 24.7 Å². The van der Waals surface area contributed by atoms with Crippen LogP contribution in [0.4, 0.5) is 5.13 Å². The number of H-pyrrole nitrogens is 1. The van der Waals surface area contributed by atoms with Crippen molar-refractivity contribution in [3.63, 3.8) is 0 Å². The SMILES string of the molecule is Cc1nnc(NC(=O)CSc2nc3c([nH]c4ccccc43)c(=O)n2-c2cccc(C)c2C)s1. The van der Waals surface area contributed by atoms with Gasteiger partial charge in [-0.2, -0.15) is 0 Å². The van der Waals surface area contributed by atoms with Crippen LogP contribution >= 0.6 is 23.1 Å². The van der Waals surface area contributed by atoms with E-state index in [1.807, 2.05) is 63.2 Å². The van der Waals surface area contributed by atoms with E-state index in [9.17, 15) is 9.59 Å². The lowest BCUT2D eigenvalue weighted by Crippen LogP contribution is -2.23. The summed E-state index contributed by atoms with van der Waals surface area (Å²) in [6, 6.07) is 13.5. The summed E-state index contributed by atoms with van der Waals surface area (Å²) in [5.41, 5.74) is 4.47. The Morgan fingerprint density at radius 3 is 2.73 bits per heavy atom. The Kier molecular flexibility index (Phi) is 5.47. The Bertz CT molecular complexity index is 1580. The number of hydrogen-bond acceptors (Lipinski definition) is 7. The molecule has 3 heterocycles. The number of hydrogen-bond donors (Lipinski definition) is 2. The van der Waals surface area contributed by atoms with Crippen molar-refractivity contribution in [2.75, 3.05) is 11.1 Å². The van der Waals surface area contributed by atoms with Crippen molar-refractivity contribution in [3.05, 3.63) is 69.0 Å². The molecule has 3 aromatic heterocycles. The van der Waals surface area contributed by atoms with Gasteiger partial charge in [0.1, 0.15) is 16.0 Å². The Labute approximate surface area is 197 Å². The van der Waals surface area contributed by atoms with E-state index >= 15 is 0 Å². The van der Waals surface area contributed by atoms with E-state index in [2.05, 4.69) is 20.5 Å². The van der Waals surface area contributed by atoms with Gasteiger partial charge >= 0.3 is 0 Å². The molecule has 0 aliphatic heterocycles. The fourth-order valence-corrected chi connectivity index (χ4v) is 5.07. The van der Waals surface area contributed by atoms with Gasteiger partial charge in [0.05, 0.1) is 11.4 Å². The Morgan fingerprint density at radius 2 is 1.94 bits per heavy atom. The first-order valence-corrected chi connectivity index (χ1v) is 12.1. The minimum absolute atomic E-state index is 0.0732. The lowest BCUT2D eigenvalue weighted by Gasteiger charge is -2.15. The van der Waals surface area contributed by atoms with Gasteiger partial charge in [0.2, 0.25) is 11.0 Å². The number of thioether (sulfide) groups is 1. The fourth-order valence-electron chi connectivity index (χ4n) is 3.66. The van der Waals surface area contributed by atoms with Crippen molar-refractivity contribution in [1.29, 1.82) is 0 Å². The van der Waals surface area contributed by atoms with Gasteiger partial charge in [-0.3, -0.25) is 19.5 Å². The van der Waals surface area contributed by atoms with Gasteiger partial charge in [0.25, 0.3) is 5.56 Å². The topological polar surface area (TPSA) is 106 Å². The maximum atomic E-state index is 13.7. The molecule has 2 aromatic carbocycles. The number of benzene rings is 2. The number of nitrogens with one attached hydrogen (secondary N) is 2. The largest absolute Gasteiger partial charge is 0.349 e. The number of anilines is 1. The highest BCUT2D eigenvalue weighted by atomic mass is 32.2. The molecule has 0 unspecified atom stereocenters. The van der Waals surface area contributed by atoms with Gasteiger partial charge in [0.15, 0.2) is 5.16 Å². The van der Waals surface area contributed by atoms with E-state index in [0.29, 0.717) is 21.3 Å². The number of fused-ring (bicyclic) bond motifs is 3. The summed E-state index contributed by atoms with van der Waals surface area (Å²) in [5, 5.41) is 13.1. The highest BCUT2D eigenvalue weighted by Gasteiger charge is 2.19. The molecule has 33 heavy (non-hydrogen) atoms. The van der Waals surface area contributed by atoms with Crippen molar-refractivity contribution in [2.24, 2.45) is 0 Å². The molecule has 8 nitrogen and oxygen atoms in total. The maximum Gasteiger partial charge on any atom is 0.283 e. The monoisotopic (exact) mass is 476 g/mol. The van der Waals surface area contributed by atoms with Gasteiger partial charge < -0.3 is 4.98 Å². The summed E-state index contributed by atoms with van der Waals surface area (Å²) >= 11 is 2.52. The van der Waals surface area contributed by atoms with Crippen LogP contribution in [0.5, 0.6) is 0 Å². The van der Waals surface area contributed by atoms with Crippen LogP contribution in [-0.4, -0.2) is 36.4 Å². The molecule has 5 aromatic rings. The first-order chi connectivity index (χ1) is 15.9. The molecule has 0 bridgehead atoms. The van der Waals surface area contributed by atoms with E-state index in [-0.39, 0.29) is 17.2 Å². The molecule has 0 fully saturated rings. The third-order valence-electron chi connectivity index (χ3n) is 5.42. The average molecular weight is 477 g/mol. The van der Waals surface area contributed by atoms with Crippen molar-refractivity contribution >= 4 is 56.1 Å². The molecule has 0 radical (unpaired) electrons. The third-order valence-corrected chi connectivity index (χ3v) is 7.11. The maximum absolute atomic E-state index is 13.7. The molecule has 0 aliphatic carbocycles. The second kappa shape index (κ2) is 8.45. The summed E-state index contributed by atoms with van der Waals surface area (Å²) in [6.45, 7) is 5.81. The molecule has 0 saturated carbocycles. The zero-order chi connectivity index (χ0) is 23.1. The highest BCUT2D eigenvalue weighted by Crippen LogP contribution is 2.28. The van der Waals surface area contributed by atoms with Crippen LogP contribution in [-0.2, 0) is 4.79 Å². The minimum Gasteiger partial charge on any atom is -0.349 e. The molecule has 166 valence electrons. The first kappa shape index (κ1) is 21.4. The second-order valence-corrected chi connectivity index (χ2v) is 9.74. The van der Waals surface area contributed by atoms with E-state index in [1.165, 1.54) is 23.1 Å². The van der Waals surface area contributed by atoms with E-state index < -0.39 is 0 Å². The first-order valence-electron chi connectivity index (χ1n) is 10.2. The molecule has 0 saturated heterocycles. The van der Waals surface area contributed by atoms with Crippen LogP contribution in [0, 0.1) is 20.8 Å². The van der Waals surface area contributed by atoms with E-state index in [1.54, 1.807) is 4.57 Å². The molecule has 10 heteroatoms. The van der Waals surface area contributed by atoms with E-state index in [4.69, 9.17) is 4.98 Å². The van der Waals surface area contributed by atoms with Crippen LogP contribution in [0.15, 0.2) is 52.4 Å². The normalized spacial score (nSPS) is 11.4. The Balaban J connectivity index is 1.62. The predicted octanol–water partition coefficient (Wildman–Crippen LogP) is 4.37. The minimum atomic E-state index is -0.239. The number of para-hydroxylation sites is 1. The Hall–Kier alpha value is -3.50. The smallest absolute Gasteiger partial charge is 0.283 e. The molecule has 5 rings (SSSR count). The number of aromatic amines is 1. The number of aromatic nitrogens is 5. The van der Waals surface area contributed by atoms with Crippen LogP contribution < -0.4 is 10.9 Å². The number of rotatable bonds is 5. The van der Waals surface area contributed by atoms with Crippen LogP contribution in [0.2, 0.25) is 0 Å². The van der Waals surface area contributed by atoms with Gasteiger partial charge in [-0.25, -0.2) is 4.98 Å². The molecule has 0 aliphatic rings. The average Bonchev–Trinajstić information content (AvgIpc) is 3.38. The van der Waals surface area contributed by atoms with Crippen molar-refractivity contribution in [3.8, 4) is 5.69 Å². The molecular formula is C23H20N6O2S2. The summed E-state index contributed by atoms with van der Waals surface area (Å²) in [6.07, 6.45) is 0. The summed E-state index contributed by atoms with van der Waals surface area (Å²) < 4.78 is 1.59. The van der Waals surface area contributed by atoms with E-state index in [0.717, 1.165) is 32.7 Å². The fraction of sp³-hybridized carbons (Fsp3) is 0.174. The van der Waals surface area contributed by atoms with Gasteiger partial charge in [-0.1, -0.05) is 53.4 Å². The molecule has 0 atom stereocenters. The molecular weight excluding hydrogens is 456 g/mol. The third kappa shape index (κ3) is 3.91. The quantitative estimate of drug-likeness (QED) is 0.288. The Morgan fingerprint density at radius 1 is 1.12 bits per heavy atom. The molecule has 2 N–H and O–H groups in total. The van der Waals surface area contributed by atoms with Crippen LogP contribution in [0.3, 0.4) is 0 Å². The number of carbonyl (C=O) groups excluding carboxylic acids is 1. The zero-order valence-electron chi connectivity index (χ0n) is 18.2. The highest BCUT2D eigenvalue weighted by molar-refractivity contribution is 7.99. The second-order valence-electron chi connectivity index (χ2n) is 7.61. The van der Waals surface area contributed by atoms with Crippen LogP contribution in [0.1, 0.15) is 16.1 Å². The van der Waals surface area contributed by atoms with Gasteiger partial charge in [-0.05, 0) is 44.0 Å². The summed E-state index contributed by atoms with van der Waals surface area (Å²) in [5.74, 6) is -0.166. The number of nitrogens with zero attached hydrogens (tertiary/aromatic N) is 4.